The van der Waals surface area contributed by atoms with Gasteiger partial charge in [0.05, 0.1) is 11.8 Å². The van der Waals surface area contributed by atoms with Crippen molar-refractivity contribution < 1.29 is 13.9 Å². The van der Waals surface area contributed by atoms with Gasteiger partial charge in [0.25, 0.3) is 5.91 Å². The van der Waals surface area contributed by atoms with Crippen LogP contribution in [-0.4, -0.2) is 36.7 Å². The first-order valence-electron chi connectivity index (χ1n) is 5.47. The van der Waals surface area contributed by atoms with E-state index in [4.69, 9.17) is 9.15 Å². The monoisotopic (exact) mass is 246 g/mol. The van der Waals surface area contributed by atoms with Gasteiger partial charge in [-0.05, 0) is 12.1 Å². The Labute approximate surface area is 105 Å². The maximum absolute atomic E-state index is 12.2. The molecule has 94 valence electrons. The van der Waals surface area contributed by atoms with Gasteiger partial charge in [0, 0.05) is 19.7 Å². The van der Waals surface area contributed by atoms with Crippen LogP contribution in [0.2, 0.25) is 0 Å². The number of carbonyl (C=O) groups is 1. The molecule has 2 aromatic rings. The van der Waals surface area contributed by atoms with Crippen molar-refractivity contribution in [2.24, 2.45) is 0 Å². The second kappa shape index (κ2) is 5.46. The van der Waals surface area contributed by atoms with Crippen molar-refractivity contribution in [3.05, 3.63) is 42.3 Å². The number of ether oxygens (including phenoxy) is 1. The van der Waals surface area contributed by atoms with Crippen LogP contribution in [0.15, 0.2) is 41.1 Å². The van der Waals surface area contributed by atoms with Crippen LogP contribution < -0.4 is 0 Å². The van der Waals surface area contributed by atoms with Crippen LogP contribution in [0.1, 0.15) is 10.4 Å². The summed E-state index contributed by atoms with van der Waals surface area (Å²) < 4.78 is 10.2. The number of oxazole rings is 1. The van der Waals surface area contributed by atoms with Crippen LogP contribution in [-0.2, 0) is 4.74 Å². The number of hydrogen-bond donors (Lipinski definition) is 0. The molecule has 0 radical (unpaired) electrons. The van der Waals surface area contributed by atoms with Crippen molar-refractivity contribution in [1.29, 1.82) is 0 Å². The van der Waals surface area contributed by atoms with E-state index in [2.05, 4.69) is 4.98 Å². The highest BCUT2D eigenvalue weighted by Gasteiger charge is 2.18. The molecular formula is C13H14N2O3. The molecule has 0 aliphatic heterocycles. The number of amides is 1. The number of benzene rings is 1. The molecule has 0 atom stereocenters. The van der Waals surface area contributed by atoms with Crippen LogP contribution in [0, 0.1) is 0 Å². The normalized spacial score (nSPS) is 10.3. The first-order valence-corrected chi connectivity index (χ1v) is 5.47. The molecule has 0 aliphatic rings. The molecule has 0 N–H and O–H groups in total. The zero-order valence-electron chi connectivity index (χ0n) is 10.3. The lowest BCUT2D eigenvalue weighted by atomic mass is 10.1. The number of aromatic nitrogens is 1. The summed E-state index contributed by atoms with van der Waals surface area (Å²) in [6.45, 7) is 0.235. The number of methoxy groups -OCH3 is 1. The molecule has 0 unspecified atom stereocenters. The summed E-state index contributed by atoms with van der Waals surface area (Å²) >= 11 is 0. The standard InChI is InChI=1S/C13H14N2O3/c1-15(9-17-2)13(16)11-6-4-3-5-10(11)12-14-7-8-18-12/h3-8H,9H2,1-2H3. The first kappa shape index (κ1) is 12.3. The van der Waals surface area contributed by atoms with E-state index >= 15 is 0 Å². The van der Waals surface area contributed by atoms with Crippen molar-refractivity contribution in [3.8, 4) is 11.5 Å². The number of nitrogens with zero attached hydrogens (tertiary/aromatic N) is 2. The van der Waals surface area contributed by atoms with E-state index in [1.807, 2.05) is 6.07 Å². The maximum atomic E-state index is 12.2. The average molecular weight is 246 g/mol. The highest BCUT2D eigenvalue weighted by Crippen LogP contribution is 2.22. The summed E-state index contributed by atoms with van der Waals surface area (Å²) in [6, 6.07) is 7.20. The van der Waals surface area contributed by atoms with Gasteiger partial charge in [0.1, 0.15) is 13.0 Å². The average Bonchev–Trinajstić information content (AvgIpc) is 2.92. The SMILES string of the molecule is COCN(C)C(=O)c1ccccc1-c1ncco1. The van der Waals surface area contributed by atoms with Gasteiger partial charge >= 0.3 is 0 Å². The zero-order valence-corrected chi connectivity index (χ0v) is 10.3. The van der Waals surface area contributed by atoms with Crippen molar-refractivity contribution >= 4 is 5.91 Å². The second-order valence-corrected chi connectivity index (χ2v) is 3.80. The van der Waals surface area contributed by atoms with E-state index in [1.165, 1.54) is 11.2 Å². The van der Waals surface area contributed by atoms with Crippen molar-refractivity contribution in [2.45, 2.75) is 0 Å². The first-order chi connectivity index (χ1) is 8.74. The van der Waals surface area contributed by atoms with E-state index in [0.29, 0.717) is 17.0 Å². The predicted octanol–water partition coefficient (Wildman–Crippen LogP) is 2.02. The number of rotatable bonds is 4. The highest BCUT2D eigenvalue weighted by atomic mass is 16.5. The molecule has 2 rings (SSSR count). The minimum absolute atomic E-state index is 0.134. The topological polar surface area (TPSA) is 55.6 Å². The Morgan fingerprint density at radius 3 is 2.89 bits per heavy atom. The lowest BCUT2D eigenvalue weighted by molar-refractivity contribution is 0.0508. The molecule has 0 spiro atoms. The van der Waals surface area contributed by atoms with Gasteiger partial charge in [-0.15, -0.1) is 0 Å². The van der Waals surface area contributed by atoms with Gasteiger partial charge < -0.3 is 14.1 Å². The van der Waals surface area contributed by atoms with Crippen LogP contribution >= 0.6 is 0 Å². The molecule has 1 amide bonds. The zero-order chi connectivity index (χ0) is 13.0. The summed E-state index contributed by atoms with van der Waals surface area (Å²) in [6.07, 6.45) is 3.03. The Morgan fingerprint density at radius 1 is 1.44 bits per heavy atom. The van der Waals surface area contributed by atoms with Gasteiger partial charge in [-0.3, -0.25) is 4.79 Å². The third kappa shape index (κ3) is 2.41. The van der Waals surface area contributed by atoms with E-state index in [1.54, 1.807) is 38.6 Å². The van der Waals surface area contributed by atoms with Gasteiger partial charge in [-0.2, -0.15) is 0 Å². The Bertz CT molecular complexity index is 523. The molecule has 18 heavy (non-hydrogen) atoms. The Hall–Kier alpha value is -2.14. The molecular weight excluding hydrogens is 232 g/mol. The fraction of sp³-hybridized carbons (Fsp3) is 0.231. The molecule has 5 nitrogen and oxygen atoms in total. The van der Waals surface area contributed by atoms with E-state index in [-0.39, 0.29) is 12.6 Å². The van der Waals surface area contributed by atoms with Crippen LogP contribution in [0.5, 0.6) is 0 Å². The molecule has 0 saturated carbocycles. The predicted molar refractivity (Wildman–Crippen MR) is 65.9 cm³/mol. The summed E-state index contributed by atoms with van der Waals surface area (Å²) in [5.74, 6) is 0.301. The number of carbonyl (C=O) groups excluding carboxylic acids is 1. The smallest absolute Gasteiger partial charge is 0.256 e. The quantitative estimate of drug-likeness (QED) is 0.774. The number of hydrogen-bond acceptors (Lipinski definition) is 4. The van der Waals surface area contributed by atoms with Gasteiger partial charge in [-0.1, -0.05) is 12.1 Å². The van der Waals surface area contributed by atoms with E-state index < -0.39 is 0 Å². The Balaban J connectivity index is 2.36. The molecule has 0 fully saturated rings. The van der Waals surface area contributed by atoms with Crippen molar-refractivity contribution in [3.63, 3.8) is 0 Å². The molecule has 1 heterocycles. The highest BCUT2D eigenvalue weighted by molar-refractivity contribution is 5.99. The van der Waals surface area contributed by atoms with Gasteiger partial charge in [-0.25, -0.2) is 4.98 Å². The second-order valence-electron chi connectivity index (χ2n) is 3.80. The lowest BCUT2D eigenvalue weighted by Crippen LogP contribution is -2.29. The largest absolute Gasteiger partial charge is 0.445 e. The maximum Gasteiger partial charge on any atom is 0.256 e. The van der Waals surface area contributed by atoms with Crippen LogP contribution in [0.3, 0.4) is 0 Å². The molecule has 0 aliphatic carbocycles. The Morgan fingerprint density at radius 2 is 2.22 bits per heavy atom. The summed E-state index contributed by atoms with van der Waals surface area (Å²) in [5, 5.41) is 0. The minimum atomic E-state index is -0.134. The molecule has 1 aromatic carbocycles. The molecule has 0 bridgehead atoms. The van der Waals surface area contributed by atoms with E-state index in [9.17, 15) is 4.79 Å². The fourth-order valence-electron chi connectivity index (χ4n) is 1.67. The van der Waals surface area contributed by atoms with E-state index in [0.717, 1.165) is 0 Å². The lowest BCUT2D eigenvalue weighted by Gasteiger charge is -2.17. The van der Waals surface area contributed by atoms with Crippen LogP contribution in [0.25, 0.3) is 11.5 Å². The fourth-order valence-corrected chi connectivity index (χ4v) is 1.67. The molecule has 5 heteroatoms. The van der Waals surface area contributed by atoms with Gasteiger partial charge in [0.15, 0.2) is 0 Å². The molecule has 0 saturated heterocycles. The third-order valence-electron chi connectivity index (χ3n) is 2.49. The minimum Gasteiger partial charge on any atom is -0.445 e. The summed E-state index contributed by atoms with van der Waals surface area (Å²) in [4.78, 5) is 17.8. The summed E-state index contributed by atoms with van der Waals surface area (Å²) in [7, 11) is 3.22. The van der Waals surface area contributed by atoms with Crippen molar-refractivity contribution in [2.75, 3.05) is 20.9 Å². The Kier molecular flexibility index (Phi) is 3.74. The summed E-state index contributed by atoms with van der Waals surface area (Å²) in [5.41, 5.74) is 1.22. The van der Waals surface area contributed by atoms with Gasteiger partial charge in [0.2, 0.25) is 5.89 Å². The third-order valence-corrected chi connectivity index (χ3v) is 2.49. The van der Waals surface area contributed by atoms with Crippen LogP contribution in [0.4, 0.5) is 0 Å². The van der Waals surface area contributed by atoms with Crippen molar-refractivity contribution in [1.82, 2.24) is 9.88 Å². The molecule has 1 aromatic heterocycles.